The Hall–Kier alpha value is -4.46. The van der Waals surface area contributed by atoms with Crippen molar-refractivity contribution in [3.63, 3.8) is 0 Å². The van der Waals surface area contributed by atoms with E-state index < -0.39 is 35.3 Å². The molecular weight excluding hydrogens is 584 g/mol. The lowest BCUT2D eigenvalue weighted by Crippen LogP contribution is -2.57. The molecule has 0 unspecified atom stereocenters. The Labute approximate surface area is 251 Å². The van der Waals surface area contributed by atoms with Gasteiger partial charge in [0.2, 0.25) is 11.8 Å². The third kappa shape index (κ3) is 6.54. The van der Waals surface area contributed by atoms with E-state index in [1.165, 1.54) is 44.5 Å². The van der Waals surface area contributed by atoms with Gasteiger partial charge in [0, 0.05) is 38.4 Å². The Morgan fingerprint density at radius 3 is 2.39 bits per heavy atom. The molecule has 1 aliphatic carbocycles. The van der Waals surface area contributed by atoms with E-state index in [1.54, 1.807) is 0 Å². The van der Waals surface area contributed by atoms with Crippen LogP contribution in [0.3, 0.4) is 0 Å². The number of aromatic nitrogens is 2. The Bertz CT molecular complexity index is 1550. The number of nitrogens with zero attached hydrogens (tertiary/aromatic N) is 3. The smallest absolute Gasteiger partial charge is 0.423 e. The summed E-state index contributed by atoms with van der Waals surface area (Å²) in [5, 5.41) is 7.95. The first-order chi connectivity index (χ1) is 20.9. The Kier molecular flexibility index (Phi) is 8.64. The number of nitrogens with one attached hydrogen (secondary N) is 3. The predicted molar refractivity (Wildman–Crippen MR) is 153 cm³/mol. The van der Waals surface area contributed by atoms with Crippen LogP contribution in [0, 0.1) is 11.2 Å². The molecule has 0 bridgehead atoms. The SMILES string of the molecule is CNC(=O)c1ccccc1Oc1nc(Nc2cc(F)c(C(=O)NC3CCC4(CC3)CN(C)C4)cc2OC)ncc1C(F)(F)F. The number of anilines is 2. The first-order valence-electron chi connectivity index (χ1n) is 14.0. The molecule has 0 radical (unpaired) electrons. The summed E-state index contributed by atoms with van der Waals surface area (Å²) in [7, 11) is 4.75. The molecular formula is C30H32F4N6O4. The number of carbonyl (C=O) groups is 2. The zero-order valence-electron chi connectivity index (χ0n) is 24.3. The third-order valence-corrected chi connectivity index (χ3v) is 8.00. The normalized spacial score (nSPS) is 16.6. The van der Waals surface area contributed by atoms with E-state index in [1.807, 2.05) is 0 Å². The highest BCUT2D eigenvalue weighted by molar-refractivity contribution is 5.97. The monoisotopic (exact) mass is 616 g/mol. The number of methoxy groups -OCH3 is 1. The van der Waals surface area contributed by atoms with E-state index in [2.05, 4.69) is 37.9 Å². The van der Waals surface area contributed by atoms with Crippen LogP contribution in [-0.4, -0.2) is 67.0 Å². The number of alkyl halides is 3. The molecule has 5 rings (SSSR count). The number of para-hydroxylation sites is 1. The van der Waals surface area contributed by atoms with E-state index in [0.717, 1.165) is 44.8 Å². The largest absolute Gasteiger partial charge is 0.495 e. The van der Waals surface area contributed by atoms with Crippen molar-refractivity contribution in [2.75, 3.05) is 39.6 Å². The number of benzene rings is 2. The number of hydrogen-bond acceptors (Lipinski definition) is 8. The standard InChI is InChI=1S/C30H32F4N6O4/c1-35-25(41)18-6-4-5-7-23(18)44-27-20(30(32,33)34)14-36-28(39-27)38-22-13-21(31)19(12-24(22)43-3)26(42)37-17-8-10-29(11-9-17)15-40(2)16-29/h4-7,12-14,17H,8-11,15-16H2,1-3H3,(H,35,41)(H,37,42)(H,36,38,39). The molecule has 2 aromatic carbocycles. The summed E-state index contributed by atoms with van der Waals surface area (Å²) in [4.78, 5) is 35.1. The van der Waals surface area contributed by atoms with Crippen LogP contribution in [0.4, 0.5) is 29.2 Å². The summed E-state index contributed by atoms with van der Waals surface area (Å²) in [6, 6.07) is 7.83. The van der Waals surface area contributed by atoms with Gasteiger partial charge >= 0.3 is 6.18 Å². The van der Waals surface area contributed by atoms with Crippen LogP contribution in [0.25, 0.3) is 0 Å². The van der Waals surface area contributed by atoms with E-state index in [4.69, 9.17) is 9.47 Å². The number of carbonyl (C=O) groups excluding carboxylic acids is 2. The van der Waals surface area contributed by atoms with Crippen molar-refractivity contribution in [3.05, 3.63) is 65.1 Å². The lowest BCUT2D eigenvalue weighted by Gasteiger charge is -2.52. The maximum Gasteiger partial charge on any atom is 0.423 e. The number of rotatable bonds is 8. The average Bonchev–Trinajstić information content (AvgIpc) is 2.97. The van der Waals surface area contributed by atoms with E-state index in [-0.39, 0.29) is 40.3 Å². The van der Waals surface area contributed by atoms with Gasteiger partial charge < -0.3 is 30.3 Å². The zero-order chi connectivity index (χ0) is 31.6. The van der Waals surface area contributed by atoms with Crippen molar-refractivity contribution in [1.29, 1.82) is 0 Å². The van der Waals surface area contributed by atoms with Gasteiger partial charge in [-0.3, -0.25) is 9.59 Å². The molecule has 10 nitrogen and oxygen atoms in total. The van der Waals surface area contributed by atoms with Crippen LogP contribution in [0.1, 0.15) is 52.0 Å². The van der Waals surface area contributed by atoms with Crippen LogP contribution >= 0.6 is 0 Å². The molecule has 0 atom stereocenters. The van der Waals surface area contributed by atoms with Crippen LogP contribution in [0.5, 0.6) is 17.4 Å². The summed E-state index contributed by atoms with van der Waals surface area (Å²) in [5.41, 5.74) is -1.27. The van der Waals surface area contributed by atoms with Gasteiger partial charge in [-0.2, -0.15) is 18.2 Å². The maximum absolute atomic E-state index is 15.2. The number of ether oxygens (including phenoxy) is 2. The molecule has 2 fully saturated rings. The highest BCUT2D eigenvalue weighted by atomic mass is 19.4. The van der Waals surface area contributed by atoms with Crippen molar-refractivity contribution in [2.45, 2.75) is 37.9 Å². The Morgan fingerprint density at radius 2 is 1.75 bits per heavy atom. The molecule has 44 heavy (non-hydrogen) atoms. The van der Waals surface area contributed by atoms with Gasteiger partial charge in [0.1, 0.15) is 22.9 Å². The topological polar surface area (TPSA) is 118 Å². The minimum absolute atomic E-state index is 0.0165. The van der Waals surface area contributed by atoms with Gasteiger partial charge in [0.25, 0.3) is 11.8 Å². The van der Waals surface area contributed by atoms with Crippen molar-refractivity contribution in [2.24, 2.45) is 5.41 Å². The fourth-order valence-corrected chi connectivity index (χ4v) is 5.85. The van der Waals surface area contributed by atoms with E-state index >= 15 is 4.39 Å². The summed E-state index contributed by atoms with van der Waals surface area (Å²) in [6.45, 7) is 2.10. The molecule has 1 aliphatic heterocycles. The molecule has 1 saturated carbocycles. The Morgan fingerprint density at radius 1 is 1.05 bits per heavy atom. The highest BCUT2D eigenvalue weighted by Crippen LogP contribution is 2.43. The number of hydrogen-bond donors (Lipinski definition) is 3. The van der Waals surface area contributed by atoms with Gasteiger partial charge in [0.05, 0.1) is 23.9 Å². The summed E-state index contributed by atoms with van der Waals surface area (Å²) < 4.78 is 67.4. The predicted octanol–water partition coefficient (Wildman–Crippen LogP) is 5.14. The van der Waals surface area contributed by atoms with Crippen LogP contribution in [0.15, 0.2) is 42.6 Å². The molecule has 2 heterocycles. The zero-order valence-corrected chi connectivity index (χ0v) is 24.3. The highest BCUT2D eigenvalue weighted by Gasteiger charge is 2.43. The summed E-state index contributed by atoms with van der Waals surface area (Å²) >= 11 is 0. The molecule has 2 aliphatic rings. The molecule has 14 heteroatoms. The van der Waals surface area contributed by atoms with Crippen molar-refractivity contribution >= 4 is 23.5 Å². The molecule has 2 amide bonds. The lowest BCUT2D eigenvalue weighted by atomic mass is 9.67. The van der Waals surface area contributed by atoms with Gasteiger partial charge in [0.15, 0.2) is 0 Å². The van der Waals surface area contributed by atoms with Crippen molar-refractivity contribution in [3.8, 4) is 17.4 Å². The maximum atomic E-state index is 15.2. The molecule has 1 spiro atoms. The molecule has 1 saturated heterocycles. The second-order valence-corrected chi connectivity index (χ2v) is 11.2. The third-order valence-electron chi connectivity index (χ3n) is 8.00. The van der Waals surface area contributed by atoms with Gasteiger partial charge in [-0.05, 0) is 56.3 Å². The number of amides is 2. The van der Waals surface area contributed by atoms with Crippen molar-refractivity contribution < 1.29 is 36.6 Å². The minimum Gasteiger partial charge on any atom is -0.495 e. The van der Waals surface area contributed by atoms with Gasteiger partial charge in [-0.15, -0.1) is 0 Å². The number of halogens is 4. The second-order valence-electron chi connectivity index (χ2n) is 11.2. The Balaban J connectivity index is 1.36. The molecule has 1 aromatic heterocycles. The molecule has 3 aromatic rings. The van der Waals surface area contributed by atoms with E-state index in [0.29, 0.717) is 11.6 Å². The fraction of sp³-hybridized carbons (Fsp3) is 0.400. The second kappa shape index (κ2) is 12.3. The average molecular weight is 617 g/mol. The number of likely N-dealkylation sites (tertiary alicyclic amines) is 1. The van der Waals surface area contributed by atoms with Gasteiger partial charge in [-0.1, -0.05) is 12.1 Å². The van der Waals surface area contributed by atoms with Gasteiger partial charge in [-0.25, -0.2) is 9.37 Å². The van der Waals surface area contributed by atoms with Crippen molar-refractivity contribution in [1.82, 2.24) is 25.5 Å². The van der Waals surface area contributed by atoms with Crippen LogP contribution in [-0.2, 0) is 6.18 Å². The quantitative estimate of drug-likeness (QED) is 0.298. The minimum atomic E-state index is -4.89. The van der Waals surface area contributed by atoms with Crippen LogP contribution < -0.4 is 25.4 Å². The molecule has 3 N–H and O–H groups in total. The van der Waals surface area contributed by atoms with Crippen LogP contribution in [0.2, 0.25) is 0 Å². The molecule has 234 valence electrons. The fourth-order valence-electron chi connectivity index (χ4n) is 5.85. The first-order valence-corrected chi connectivity index (χ1v) is 14.0. The summed E-state index contributed by atoms with van der Waals surface area (Å²) in [6.07, 6.45) is -0.779. The summed E-state index contributed by atoms with van der Waals surface area (Å²) in [5.74, 6) is -3.44. The lowest BCUT2D eigenvalue weighted by molar-refractivity contribution is -0.139. The first kappa shape index (κ1) is 31.0. The van der Waals surface area contributed by atoms with E-state index in [9.17, 15) is 22.8 Å².